The minimum Gasteiger partial charge on any atom is -0.494 e. The van der Waals surface area contributed by atoms with Crippen LogP contribution in [0, 0.1) is 5.82 Å². The lowest BCUT2D eigenvalue weighted by Gasteiger charge is -2.12. The van der Waals surface area contributed by atoms with Crippen molar-refractivity contribution in [3.05, 3.63) is 47.8 Å². The van der Waals surface area contributed by atoms with Crippen LogP contribution in [0.5, 0.6) is 5.75 Å². The first-order valence-electron chi connectivity index (χ1n) is 5.74. The number of aromatic carboxylic acids is 1. The molecule has 0 saturated carbocycles. The number of carboxylic acids is 1. The summed E-state index contributed by atoms with van der Waals surface area (Å²) in [6.45, 7) is 0. The molecule has 0 aromatic heterocycles. The van der Waals surface area contributed by atoms with Crippen LogP contribution in [0.25, 0.3) is 0 Å². The second-order valence-electron chi connectivity index (χ2n) is 4.08. The van der Waals surface area contributed by atoms with Crippen molar-refractivity contribution in [2.24, 2.45) is 0 Å². The molecular formula is C14H13FN2O3. The molecule has 0 atom stereocenters. The van der Waals surface area contributed by atoms with Crippen molar-refractivity contribution in [1.29, 1.82) is 0 Å². The molecular weight excluding hydrogens is 263 g/mol. The van der Waals surface area contributed by atoms with E-state index in [2.05, 4.69) is 5.32 Å². The third-order valence-electron chi connectivity index (χ3n) is 2.73. The third kappa shape index (κ3) is 2.80. The van der Waals surface area contributed by atoms with Crippen molar-refractivity contribution >= 4 is 23.0 Å². The molecule has 5 nitrogen and oxygen atoms in total. The maximum absolute atomic E-state index is 13.1. The zero-order chi connectivity index (χ0) is 14.7. The Bertz CT molecular complexity index is 659. The molecule has 2 aromatic rings. The number of rotatable bonds is 4. The molecule has 0 heterocycles. The smallest absolute Gasteiger partial charge is 0.337 e. The Hall–Kier alpha value is -2.76. The predicted molar refractivity (Wildman–Crippen MR) is 74.0 cm³/mol. The van der Waals surface area contributed by atoms with Gasteiger partial charge in [0, 0.05) is 17.4 Å². The van der Waals surface area contributed by atoms with Gasteiger partial charge in [0.2, 0.25) is 0 Å². The minimum absolute atomic E-state index is 0.00363. The quantitative estimate of drug-likeness (QED) is 0.748. The van der Waals surface area contributed by atoms with Crippen LogP contribution in [0.15, 0.2) is 36.4 Å². The van der Waals surface area contributed by atoms with E-state index in [-0.39, 0.29) is 11.3 Å². The van der Waals surface area contributed by atoms with Gasteiger partial charge in [-0.05, 0) is 30.3 Å². The lowest BCUT2D eigenvalue weighted by Crippen LogP contribution is -2.03. The highest BCUT2D eigenvalue weighted by atomic mass is 19.1. The number of hydrogen-bond donors (Lipinski definition) is 3. The average Bonchev–Trinajstić information content (AvgIpc) is 2.42. The summed E-state index contributed by atoms with van der Waals surface area (Å²) in [5, 5.41) is 12.0. The molecule has 104 valence electrons. The van der Waals surface area contributed by atoms with E-state index < -0.39 is 11.8 Å². The highest BCUT2D eigenvalue weighted by molar-refractivity contribution is 5.95. The fourth-order valence-electron chi connectivity index (χ4n) is 1.74. The largest absolute Gasteiger partial charge is 0.494 e. The lowest BCUT2D eigenvalue weighted by molar-refractivity contribution is 0.0698. The molecule has 6 heteroatoms. The minimum atomic E-state index is -1.11. The van der Waals surface area contributed by atoms with Crippen LogP contribution in [-0.2, 0) is 0 Å². The van der Waals surface area contributed by atoms with E-state index in [1.54, 1.807) is 6.07 Å². The van der Waals surface area contributed by atoms with E-state index in [0.29, 0.717) is 17.1 Å². The first kappa shape index (κ1) is 13.7. The number of nitrogens with two attached hydrogens (primary N) is 1. The summed E-state index contributed by atoms with van der Waals surface area (Å²) in [7, 11) is 1.42. The summed E-state index contributed by atoms with van der Waals surface area (Å²) in [5.74, 6) is -1.22. The molecule has 0 unspecified atom stereocenters. The zero-order valence-corrected chi connectivity index (χ0v) is 10.7. The maximum atomic E-state index is 13.1. The number of hydrogen-bond acceptors (Lipinski definition) is 4. The molecule has 0 aliphatic heterocycles. The monoisotopic (exact) mass is 276 g/mol. The molecule has 0 radical (unpaired) electrons. The van der Waals surface area contributed by atoms with Gasteiger partial charge in [0.15, 0.2) is 0 Å². The van der Waals surface area contributed by atoms with Crippen molar-refractivity contribution < 1.29 is 19.0 Å². The van der Waals surface area contributed by atoms with Gasteiger partial charge in [-0.25, -0.2) is 9.18 Å². The zero-order valence-electron chi connectivity index (χ0n) is 10.7. The second-order valence-corrected chi connectivity index (χ2v) is 4.08. The molecule has 0 bridgehead atoms. The van der Waals surface area contributed by atoms with E-state index in [1.165, 1.54) is 37.4 Å². The molecule has 0 amide bonds. The summed E-state index contributed by atoms with van der Waals surface area (Å²) in [6.07, 6.45) is 0. The van der Waals surface area contributed by atoms with Crippen LogP contribution >= 0.6 is 0 Å². The number of anilines is 3. The fourth-order valence-corrected chi connectivity index (χ4v) is 1.74. The molecule has 2 aromatic carbocycles. The van der Waals surface area contributed by atoms with Gasteiger partial charge in [-0.2, -0.15) is 0 Å². The van der Waals surface area contributed by atoms with Crippen LogP contribution in [0.1, 0.15) is 10.4 Å². The molecule has 0 spiro atoms. The van der Waals surface area contributed by atoms with Crippen molar-refractivity contribution in [1.82, 2.24) is 0 Å². The molecule has 0 saturated heterocycles. The lowest BCUT2D eigenvalue weighted by atomic mass is 10.1. The van der Waals surface area contributed by atoms with Crippen molar-refractivity contribution in [2.75, 3.05) is 18.2 Å². The van der Waals surface area contributed by atoms with Gasteiger partial charge in [-0.1, -0.05) is 0 Å². The Kier molecular flexibility index (Phi) is 3.74. The standard InChI is InChI=1S/C14H13FN2O3/c1-20-13-6-8(15)2-5-12(13)17-9-3-4-11(16)10(7-9)14(18)19/h2-7,17H,16H2,1H3,(H,18,19). The number of carbonyl (C=O) groups is 1. The average molecular weight is 276 g/mol. The summed E-state index contributed by atoms with van der Waals surface area (Å²) < 4.78 is 18.2. The summed E-state index contributed by atoms with van der Waals surface area (Å²) in [4.78, 5) is 11.0. The van der Waals surface area contributed by atoms with Gasteiger partial charge in [-0.15, -0.1) is 0 Å². The van der Waals surface area contributed by atoms with Gasteiger partial charge >= 0.3 is 5.97 Å². The third-order valence-corrected chi connectivity index (χ3v) is 2.73. The number of ether oxygens (including phenoxy) is 1. The molecule has 0 aliphatic carbocycles. The van der Waals surface area contributed by atoms with Crippen LogP contribution in [0.4, 0.5) is 21.5 Å². The predicted octanol–water partition coefficient (Wildman–Crippen LogP) is 2.86. The Balaban J connectivity index is 2.35. The van der Waals surface area contributed by atoms with Gasteiger partial charge < -0.3 is 20.9 Å². The van der Waals surface area contributed by atoms with Crippen LogP contribution in [0.3, 0.4) is 0 Å². The first-order chi connectivity index (χ1) is 9.51. The molecule has 20 heavy (non-hydrogen) atoms. The van der Waals surface area contributed by atoms with Gasteiger partial charge in [0.05, 0.1) is 18.4 Å². The van der Waals surface area contributed by atoms with Gasteiger partial charge in [0.1, 0.15) is 11.6 Å². The molecule has 4 N–H and O–H groups in total. The SMILES string of the molecule is COc1cc(F)ccc1Nc1ccc(N)c(C(=O)O)c1. The highest BCUT2D eigenvalue weighted by Gasteiger charge is 2.10. The Morgan fingerprint density at radius 2 is 2.05 bits per heavy atom. The summed E-state index contributed by atoms with van der Waals surface area (Å²) in [6, 6.07) is 8.54. The Morgan fingerprint density at radius 1 is 1.30 bits per heavy atom. The molecule has 0 fully saturated rings. The van der Waals surface area contributed by atoms with E-state index in [4.69, 9.17) is 15.6 Å². The number of benzene rings is 2. The van der Waals surface area contributed by atoms with Gasteiger partial charge in [0.25, 0.3) is 0 Å². The van der Waals surface area contributed by atoms with E-state index >= 15 is 0 Å². The normalized spacial score (nSPS) is 10.1. The highest BCUT2D eigenvalue weighted by Crippen LogP contribution is 2.29. The van der Waals surface area contributed by atoms with Crippen molar-refractivity contribution in [2.45, 2.75) is 0 Å². The van der Waals surface area contributed by atoms with Crippen LogP contribution < -0.4 is 15.8 Å². The van der Waals surface area contributed by atoms with E-state index in [0.717, 1.165) is 0 Å². The Morgan fingerprint density at radius 3 is 2.70 bits per heavy atom. The summed E-state index contributed by atoms with van der Waals surface area (Å²) in [5.41, 5.74) is 6.79. The number of halogens is 1. The van der Waals surface area contributed by atoms with Crippen LogP contribution in [0.2, 0.25) is 0 Å². The number of nitrogens with one attached hydrogen (secondary N) is 1. The number of nitrogen functional groups attached to an aromatic ring is 1. The van der Waals surface area contributed by atoms with E-state index in [1.807, 2.05) is 0 Å². The fraction of sp³-hybridized carbons (Fsp3) is 0.0714. The van der Waals surface area contributed by atoms with E-state index in [9.17, 15) is 9.18 Å². The Labute approximate surface area is 114 Å². The van der Waals surface area contributed by atoms with Crippen LogP contribution in [-0.4, -0.2) is 18.2 Å². The van der Waals surface area contributed by atoms with Crippen molar-refractivity contribution in [3.8, 4) is 5.75 Å². The number of methoxy groups -OCH3 is 1. The topological polar surface area (TPSA) is 84.6 Å². The van der Waals surface area contributed by atoms with Crippen molar-refractivity contribution in [3.63, 3.8) is 0 Å². The summed E-state index contributed by atoms with van der Waals surface area (Å²) >= 11 is 0. The number of carboxylic acid groups (broad SMARTS) is 1. The maximum Gasteiger partial charge on any atom is 0.337 e. The molecule has 2 rings (SSSR count). The molecule has 0 aliphatic rings. The second kappa shape index (κ2) is 5.48. The van der Waals surface area contributed by atoms with Gasteiger partial charge in [-0.3, -0.25) is 0 Å². The first-order valence-corrected chi connectivity index (χ1v) is 5.74.